The monoisotopic (exact) mass is 240 g/mol. The molecule has 1 heteroatoms. The van der Waals surface area contributed by atoms with Gasteiger partial charge in [-0.15, -0.1) is 6.58 Å². The van der Waals surface area contributed by atoms with Gasteiger partial charge in [-0.2, -0.15) is 0 Å². The van der Waals surface area contributed by atoms with Crippen molar-refractivity contribution >= 4 is 0 Å². The van der Waals surface area contributed by atoms with Crippen LogP contribution < -0.4 is 0 Å². The minimum atomic E-state index is -0.164. The van der Waals surface area contributed by atoms with Gasteiger partial charge in [-0.1, -0.05) is 71.3 Å². The van der Waals surface area contributed by atoms with Crippen LogP contribution in [0, 0.1) is 5.92 Å². The van der Waals surface area contributed by atoms with Crippen LogP contribution >= 0.6 is 0 Å². The topological polar surface area (TPSA) is 20.2 Å². The Kier molecular flexibility index (Phi) is 12.0. The van der Waals surface area contributed by atoms with E-state index in [0.29, 0.717) is 5.92 Å². The molecule has 0 aliphatic rings. The van der Waals surface area contributed by atoms with Gasteiger partial charge >= 0.3 is 0 Å². The van der Waals surface area contributed by atoms with Gasteiger partial charge in [-0.3, -0.25) is 0 Å². The summed E-state index contributed by atoms with van der Waals surface area (Å²) in [5, 5.41) is 10.0. The molecule has 2 atom stereocenters. The highest BCUT2D eigenvalue weighted by molar-refractivity contribution is 4.84. The van der Waals surface area contributed by atoms with Gasteiger partial charge in [0.2, 0.25) is 0 Å². The van der Waals surface area contributed by atoms with Crippen LogP contribution in [0.1, 0.15) is 78.1 Å². The van der Waals surface area contributed by atoms with Crippen LogP contribution in [0.2, 0.25) is 0 Å². The summed E-state index contributed by atoms with van der Waals surface area (Å²) in [6, 6.07) is 0. The van der Waals surface area contributed by atoms with E-state index in [9.17, 15) is 5.11 Å². The number of unbranched alkanes of at least 4 members (excludes halogenated alkanes) is 6. The van der Waals surface area contributed by atoms with Crippen molar-refractivity contribution in [3.05, 3.63) is 12.7 Å². The molecule has 0 spiro atoms. The summed E-state index contributed by atoms with van der Waals surface area (Å²) in [5.74, 6) is 0.306. The van der Waals surface area contributed by atoms with Gasteiger partial charge in [0, 0.05) is 5.92 Å². The summed E-state index contributed by atoms with van der Waals surface area (Å²) in [6.07, 6.45) is 14.1. The minimum Gasteiger partial charge on any atom is -0.393 e. The van der Waals surface area contributed by atoms with Crippen molar-refractivity contribution < 1.29 is 5.11 Å². The Morgan fingerprint density at radius 2 is 1.47 bits per heavy atom. The zero-order chi connectivity index (χ0) is 12.9. The van der Waals surface area contributed by atoms with E-state index in [1.54, 1.807) is 0 Å². The van der Waals surface area contributed by atoms with E-state index in [4.69, 9.17) is 0 Å². The Bertz CT molecular complexity index is 165. The van der Waals surface area contributed by atoms with Gasteiger partial charge in [0.15, 0.2) is 0 Å². The van der Waals surface area contributed by atoms with Crippen molar-refractivity contribution in [3.63, 3.8) is 0 Å². The fourth-order valence-corrected chi connectivity index (χ4v) is 2.33. The number of aliphatic hydroxyl groups excluding tert-OH is 1. The summed E-state index contributed by atoms with van der Waals surface area (Å²) in [6.45, 7) is 8.23. The molecule has 0 unspecified atom stereocenters. The van der Waals surface area contributed by atoms with Gasteiger partial charge in [0.1, 0.15) is 0 Å². The molecule has 0 saturated carbocycles. The largest absolute Gasteiger partial charge is 0.393 e. The third kappa shape index (κ3) is 9.41. The third-order valence-corrected chi connectivity index (χ3v) is 3.52. The van der Waals surface area contributed by atoms with Crippen LogP contribution in [0.15, 0.2) is 12.7 Å². The SMILES string of the molecule is C=C[C@H](CCC)[C@H](O)CCCCCCCCC. The van der Waals surface area contributed by atoms with Crippen LogP contribution in [0.5, 0.6) is 0 Å². The van der Waals surface area contributed by atoms with Crippen LogP contribution in [-0.4, -0.2) is 11.2 Å². The summed E-state index contributed by atoms with van der Waals surface area (Å²) in [4.78, 5) is 0. The second-order valence-electron chi connectivity index (χ2n) is 5.17. The molecule has 17 heavy (non-hydrogen) atoms. The van der Waals surface area contributed by atoms with Gasteiger partial charge < -0.3 is 5.11 Å². The van der Waals surface area contributed by atoms with Crippen molar-refractivity contribution in [2.24, 2.45) is 5.92 Å². The molecule has 0 bridgehead atoms. The van der Waals surface area contributed by atoms with Crippen LogP contribution in [0.4, 0.5) is 0 Å². The first kappa shape index (κ1) is 16.7. The second-order valence-corrected chi connectivity index (χ2v) is 5.17. The highest BCUT2D eigenvalue weighted by Crippen LogP contribution is 2.18. The highest BCUT2D eigenvalue weighted by atomic mass is 16.3. The standard InChI is InChI=1S/C16H32O/c1-4-7-8-9-10-11-12-14-16(17)15(6-3)13-5-2/h6,15-17H,3-5,7-14H2,1-2H3/t15-,16-/m1/s1. The predicted octanol–water partition coefficient (Wildman–Crippen LogP) is 5.09. The Balaban J connectivity index is 3.42. The summed E-state index contributed by atoms with van der Waals surface area (Å²) in [5.41, 5.74) is 0. The fraction of sp³-hybridized carbons (Fsp3) is 0.875. The van der Waals surface area contributed by atoms with Gasteiger partial charge in [-0.25, -0.2) is 0 Å². The summed E-state index contributed by atoms with van der Waals surface area (Å²) in [7, 11) is 0. The molecule has 0 aromatic carbocycles. The lowest BCUT2D eigenvalue weighted by atomic mass is 9.93. The minimum absolute atomic E-state index is 0.164. The second kappa shape index (κ2) is 12.2. The first-order valence-corrected chi connectivity index (χ1v) is 7.56. The lowest BCUT2D eigenvalue weighted by molar-refractivity contribution is 0.113. The van der Waals surface area contributed by atoms with E-state index < -0.39 is 0 Å². The Morgan fingerprint density at radius 1 is 0.882 bits per heavy atom. The molecule has 0 radical (unpaired) electrons. The number of hydrogen-bond acceptors (Lipinski definition) is 1. The molecule has 0 aromatic heterocycles. The summed E-state index contributed by atoms with van der Waals surface area (Å²) >= 11 is 0. The van der Waals surface area contributed by atoms with Crippen molar-refractivity contribution in [1.82, 2.24) is 0 Å². The predicted molar refractivity (Wildman–Crippen MR) is 77.2 cm³/mol. The van der Waals surface area contributed by atoms with Crippen molar-refractivity contribution in [2.75, 3.05) is 0 Å². The highest BCUT2D eigenvalue weighted by Gasteiger charge is 2.14. The van der Waals surface area contributed by atoms with Crippen molar-refractivity contribution in [3.8, 4) is 0 Å². The normalized spacial score (nSPS) is 14.5. The van der Waals surface area contributed by atoms with Crippen LogP contribution in [0.25, 0.3) is 0 Å². The van der Waals surface area contributed by atoms with E-state index in [1.165, 1.54) is 44.9 Å². The Morgan fingerprint density at radius 3 is 2.00 bits per heavy atom. The maximum absolute atomic E-state index is 10.0. The number of aliphatic hydroxyl groups is 1. The quantitative estimate of drug-likeness (QED) is 0.372. The van der Waals surface area contributed by atoms with E-state index in [0.717, 1.165) is 19.3 Å². The lowest BCUT2D eigenvalue weighted by Crippen LogP contribution is -2.18. The fourth-order valence-electron chi connectivity index (χ4n) is 2.33. The molecule has 0 aliphatic carbocycles. The lowest BCUT2D eigenvalue weighted by Gasteiger charge is -2.18. The summed E-state index contributed by atoms with van der Waals surface area (Å²) < 4.78 is 0. The van der Waals surface area contributed by atoms with Crippen molar-refractivity contribution in [1.29, 1.82) is 0 Å². The maximum atomic E-state index is 10.0. The average molecular weight is 240 g/mol. The molecular formula is C16H32O. The molecule has 0 aliphatic heterocycles. The third-order valence-electron chi connectivity index (χ3n) is 3.52. The molecule has 0 heterocycles. The number of hydrogen-bond donors (Lipinski definition) is 1. The molecular weight excluding hydrogens is 208 g/mol. The molecule has 102 valence electrons. The molecule has 0 aromatic rings. The van der Waals surface area contributed by atoms with Crippen LogP contribution in [-0.2, 0) is 0 Å². The molecule has 1 nitrogen and oxygen atoms in total. The Hall–Kier alpha value is -0.300. The Labute approximate surface area is 108 Å². The molecule has 0 amide bonds. The first-order valence-electron chi connectivity index (χ1n) is 7.56. The number of rotatable bonds is 12. The molecule has 0 fully saturated rings. The van der Waals surface area contributed by atoms with E-state index >= 15 is 0 Å². The molecule has 1 N–H and O–H groups in total. The van der Waals surface area contributed by atoms with Crippen LogP contribution in [0.3, 0.4) is 0 Å². The molecule has 0 rings (SSSR count). The molecule has 0 saturated heterocycles. The maximum Gasteiger partial charge on any atom is 0.0602 e. The van der Waals surface area contributed by atoms with Gasteiger partial charge in [0.25, 0.3) is 0 Å². The first-order chi connectivity index (χ1) is 8.26. The van der Waals surface area contributed by atoms with E-state index in [2.05, 4.69) is 20.4 Å². The average Bonchev–Trinajstić information content (AvgIpc) is 2.34. The van der Waals surface area contributed by atoms with E-state index in [1.807, 2.05) is 6.08 Å². The zero-order valence-electron chi connectivity index (χ0n) is 12.0. The smallest absolute Gasteiger partial charge is 0.0602 e. The van der Waals surface area contributed by atoms with E-state index in [-0.39, 0.29) is 6.10 Å². The zero-order valence-corrected chi connectivity index (χ0v) is 12.0. The van der Waals surface area contributed by atoms with Gasteiger partial charge in [0.05, 0.1) is 6.10 Å². The van der Waals surface area contributed by atoms with Crippen molar-refractivity contribution in [2.45, 2.75) is 84.2 Å². The van der Waals surface area contributed by atoms with Gasteiger partial charge in [-0.05, 0) is 12.8 Å².